The number of aromatic amines is 1. The van der Waals surface area contributed by atoms with Gasteiger partial charge in [-0.25, -0.2) is 4.98 Å². The van der Waals surface area contributed by atoms with Gasteiger partial charge in [0.05, 0.1) is 17.7 Å². The molecule has 1 atom stereocenters. The van der Waals surface area contributed by atoms with Crippen molar-refractivity contribution in [2.75, 3.05) is 6.61 Å². The van der Waals surface area contributed by atoms with Crippen molar-refractivity contribution in [1.82, 2.24) is 15.3 Å². The van der Waals surface area contributed by atoms with Crippen molar-refractivity contribution in [3.05, 3.63) is 29.6 Å². The van der Waals surface area contributed by atoms with Crippen molar-refractivity contribution in [1.29, 1.82) is 0 Å². The molecule has 2 aromatic rings. The van der Waals surface area contributed by atoms with E-state index >= 15 is 0 Å². The molecular weight excluding hydrogens is 254 g/mol. The van der Waals surface area contributed by atoms with Crippen molar-refractivity contribution < 1.29 is 9.90 Å². The van der Waals surface area contributed by atoms with Crippen LogP contribution in [-0.4, -0.2) is 33.1 Å². The Morgan fingerprint density at radius 2 is 2.30 bits per heavy atom. The quantitative estimate of drug-likeness (QED) is 0.782. The van der Waals surface area contributed by atoms with E-state index in [0.717, 1.165) is 29.4 Å². The SMILES string of the molecule is CCCC(C)(CO)NC(=O)c1cnc2[nH]cc(C)c2c1. The van der Waals surface area contributed by atoms with Gasteiger partial charge in [-0.3, -0.25) is 4.79 Å². The van der Waals surface area contributed by atoms with Crippen LogP contribution in [0.1, 0.15) is 42.6 Å². The van der Waals surface area contributed by atoms with E-state index in [2.05, 4.69) is 15.3 Å². The molecule has 108 valence electrons. The molecule has 1 amide bonds. The Morgan fingerprint density at radius 3 is 2.95 bits per heavy atom. The summed E-state index contributed by atoms with van der Waals surface area (Å²) < 4.78 is 0. The molecule has 0 aliphatic heterocycles. The third-order valence-electron chi connectivity index (χ3n) is 3.57. The first-order valence-electron chi connectivity index (χ1n) is 6.86. The zero-order valence-electron chi connectivity index (χ0n) is 12.2. The fourth-order valence-corrected chi connectivity index (χ4v) is 2.34. The number of H-pyrrole nitrogens is 1. The molecule has 1 unspecified atom stereocenters. The lowest BCUT2D eigenvalue weighted by atomic mass is 9.96. The van der Waals surface area contributed by atoms with Crippen LogP contribution < -0.4 is 5.32 Å². The van der Waals surface area contributed by atoms with E-state index < -0.39 is 5.54 Å². The minimum Gasteiger partial charge on any atom is -0.394 e. The largest absolute Gasteiger partial charge is 0.394 e. The minimum absolute atomic E-state index is 0.0779. The fourth-order valence-electron chi connectivity index (χ4n) is 2.34. The summed E-state index contributed by atoms with van der Waals surface area (Å²) in [6.45, 7) is 5.77. The Labute approximate surface area is 118 Å². The molecular formula is C15H21N3O2. The molecule has 2 rings (SSSR count). The van der Waals surface area contributed by atoms with Gasteiger partial charge in [0, 0.05) is 17.8 Å². The fraction of sp³-hybridized carbons (Fsp3) is 0.467. The van der Waals surface area contributed by atoms with Crippen LogP contribution in [0.5, 0.6) is 0 Å². The number of aryl methyl sites for hydroxylation is 1. The summed E-state index contributed by atoms with van der Waals surface area (Å²) in [5.41, 5.74) is 1.75. The molecule has 0 fully saturated rings. The van der Waals surface area contributed by atoms with Gasteiger partial charge in [-0.05, 0) is 31.9 Å². The number of nitrogens with one attached hydrogen (secondary N) is 2. The lowest BCUT2D eigenvalue weighted by molar-refractivity contribution is 0.0840. The molecule has 2 heterocycles. The molecule has 2 aromatic heterocycles. The third-order valence-corrected chi connectivity index (χ3v) is 3.57. The molecule has 0 spiro atoms. The Kier molecular flexibility index (Phi) is 4.09. The Morgan fingerprint density at radius 1 is 1.55 bits per heavy atom. The average Bonchev–Trinajstić information content (AvgIpc) is 2.80. The first-order valence-corrected chi connectivity index (χ1v) is 6.86. The van der Waals surface area contributed by atoms with Crippen LogP contribution in [0.25, 0.3) is 11.0 Å². The molecule has 0 radical (unpaired) electrons. The van der Waals surface area contributed by atoms with Crippen LogP contribution in [0, 0.1) is 6.92 Å². The maximum Gasteiger partial charge on any atom is 0.253 e. The van der Waals surface area contributed by atoms with E-state index in [1.807, 2.05) is 33.0 Å². The summed E-state index contributed by atoms with van der Waals surface area (Å²) in [4.78, 5) is 19.6. The number of pyridine rings is 1. The molecule has 0 bridgehead atoms. The van der Waals surface area contributed by atoms with Gasteiger partial charge >= 0.3 is 0 Å². The van der Waals surface area contributed by atoms with Crippen LogP contribution in [0.15, 0.2) is 18.5 Å². The van der Waals surface area contributed by atoms with Crippen LogP contribution in [0.2, 0.25) is 0 Å². The second kappa shape index (κ2) is 5.63. The average molecular weight is 275 g/mol. The van der Waals surface area contributed by atoms with E-state index in [-0.39, 0.29) is 12.5 Å². The van der Waals surface area contributed by atoms with E-state index in [1.165, 1.54) is 0 Å². The summed E-state index contributed by atoms with van der Waals surface area (Å²) >= 11 is 0. The van der Waals surface area contributed by atoms with Gasteiger partial charge in [0.25, 0.3) is 5.91 Å². The van der Waals surface area contributed by atoms with Gasteiger partial charge in [-0.15, -0.1) is 0 Å². The number of hydrogen-bond acceptors (Lipinski definition) is 3. The highest BCUT2D eigenvalue weighted by Crippen LogP contribution is 2.18. The number of aromatic nitrogens is 2. The number of hydrogen-bond donors (Lipinski definition) is 3. The van der Waals surface area contributed by atoms with Crippen molar-refractivity contribution >= 4 is 16.9 Å². The third kappa shape index (κ3) is 2.82. The lowest BCUT2D eigenvalue weighted by Crippen LogP contribution is -2.48. The molecule has 0 aliphatic carbocycles. The number of aliphatic hydroxyl groups is 1. The summed E-state index contributed by atoms with van der Waals surface area (Å²) in [6.07, 6.45) is 5.05. The summed E-state index contributed by atoms with van der Waals surface area (Å²) in [6, 6.07) is 1.83. The van der Waals surface area contributed by atoms with Crippen LogP contribution in [0.3, 0.4) is 0 Å². The highest BCUT2D eigenvalue weighted by Gasteiger charge is 2.25. The standard InChI is InChI=1S/C15H21N3O2/c1-4-5-15(3,9-19)18-14(20)11-6-12-10(2)7-16-13(12)17-8-11/h6-8,19H,4-5,9H2,1-3H3,(H,16,17)(H,18,20). The lowest BCUT2D eigenvalue weighted by Gasteiger charge is -2.28. The zero-order chi connectivity index (χ0) is 14.8. The minimum atomic E-state index is -0.589. The van der Waals surface area contributed by atoms with Crippen LogP contribution in [0.4, 0.5) is 0 Å². The maximum atomic E-state index is 12.3. The summed E-state index contributed by atoms with van der Waals surface area (Å²) in [5, 5.41) is 13.3. The van der Waals surface area contributed by atoms with Gasteiger partial charge in [0.2, 0.25) is 0 Å². The monoisotopic (exact) mass is 275 g/mol. The summed E-state index contributed by atoms with van der Waals surface area (Å²) in [7, 11) is 0. The topological polar surface area (TPSA) is 78.0 Å². The van der Waals surface area contributed by atoms with Crippen molar-refractivity contribution in [3.63, 3.8) is 0 Å². The van der Waals surface area contributed by atoms with Crippen molar-refractivity contribution in [2.24, 2.45) is 0 Å². The predicted molar refractivity (Wildman–Crippen MR) is 78.7 cm³/mol. The second-order valence-corrected chi connectivity index (χ2v) is 5.51. The number of amides is 1. The molecule has 0 saturated heterocycles. The number of nitrogens with zero attached hydrogens (tertiary/aromatic N) is 1. The predicted octanol–water partition coefficient (Wildman–Crippen LogP) is 2.15. The molecule has 3 N–H and O–H groups in total. The van der Waals surface area contributed by atoms with E-state index in [1.54, 1.807) is 6.20 Å². The smallest absolute Gasteiger partial charge is 0.253 e. The first kappa shape index (κ1) is 14.5. The normalized spacial score (nSPS) is 14.2. The molecule has 5 nitrogen and oxygen atoms in total. The molecule has 0 aliphatic rings. The van der Waals surface area contributed by atoms with E-state index in [4.69, 9.17) is 0 Å². The molecule has 0 saturated carbocycles. The first-order chi connectivity index (χ1) is 9.49. The van der Waals surface area contributed by atoms with Crippen molar-refractivity contribution in [3.8, 4) is 0 Å². The Hall–Kier alpha value is -1.88. The van der Waals surface area contributed by atoms with Gasteiger partial charge in [0.1, 0.15) is 5.65 Å². The number of carbonyl (C=O) groups excluding carboxylic acids is 1. The zero-order valence-corrected chi connectivity index (χ0v) is 12.2. The highest BCUT2D eigenvalue weighted by atomic mass is 16.3. The highest BCUT2D eigenvalue weighted by molar-refractivity contribution is 5.97. The van der Waals surface area contributed by atoms with Gasteiger partial charge < -0.3 is 15.4 Å². The van der Waals surface area contributed by atoms with Crippen LogP contribution >= 0.6 is 0 Å². The molecule has 0 aromatic carbocycles. The van der Waals surface area contributed by atoms with E-state index in [9.17, 15) is 9.90 Å². The molecule has 5 heteroatoms. The van der Waals surface area contributed by atoms with Gasteiger partial charge in [-0.2, -0.15) is 0 Å². The maximum absolute atomic E-state index is 12.3. The summed E-state index contributed by atoms with van der Waals surface area (Å²) in [5.74, 6) is -0.204. The molecule has 20 heavy (non-hydrogen) atoms. The van der Waals surface area contributed by atoms with E-state index in [0.29, 0.717) is 5.56 Å². The number of aliphatic hydroxyl groups excluding tert-OH is 1. The van der Waals surface area contributed by atoms with Crippen molar-refractivity contribution in [2.45, 2.75) is 39.2 Å². The van der Waals surface area contributed by atoms with Gasteiger partial charge in [-0.1, -0.05) is 13.3 Å². The number of fused-ring (bicyclic) bond motifs is 1. The number of carbonyl (C=O) groups is 1. The Balaban J connectivity index is 2.24. The van der Waals surface area contributed by atoms with Crippen LogP contribution in [-0.2, 0) is 0 Å². The Bertz CT molecular complexity index is 621. The number of rotatable bonds is 5. The van der Waals surface area contributed by atoms with Gasteiger partial charge in [0.15, 0.2) is 0 Å². The second-order valence-electron chi connectivity index (χ2n) is 5.51.